The van der Waals surface area contributed by atoms with Gasteiger partial charge in [0.15, 0.2) is 0 Å². The first-order valence-corrected chi connectivity index (χ1v) is 6.48. The van der Waals surface area contributed by atoms with E-state index in [4.69, 9.17) is 17.3 Å². The molecule has 1 atom stereocenters. The Labute approximate surface area is 133 Å². The third-order valence-electron chi connectivity index (χ3n) is 2.69. The Morgan fingerprint density at radius 2 is 2.14 bits per heavy atom. The molecule has 1 amide bonds. The number of rotatable bonds is 6. The summed E-state index contributed by atoms with van der Waals surface area (Å²) in [5, 5.41) is 2.58. The number of amides is 1. The lowest BCUT2D eigenvalue weighted by Crippen LogP contribution is -2.48. The molecule has 0 aromatic heterocycles. The van der Waals surface area contributed by atoms with Gasteiger partial charge in [-0.25, -0.2) is 0 Å². The second-order valence-corrected chi connectivity index (χ2v) is 5.05. The first kappa shape index (κ1) is 19.9. The molecule has 0 aliphatic rings. The van der Waals surface area contributed by atoms with Crippen LogP contribution in [0.15, 0.2) is 18.2 Å². The maximum Gasteiger partial charge on any atom is 0.387 e. The standard InChI is InChI=1S/C13H17ClF2N2O2.ClH/c1-3-6-13(2,17)11(19)18-8-4-5-10(9(14)7-8)20-12(15)16;/h4-5,7,12H,3,6,17H2,1-2H3,(H,18,19);1H. The van der Waals surface area contributed by atoms with Crippen LogP contribution in [0.3, 0.4) is 0 Å². The molecule has 0 spiro atoms. The van der Waals surface area contributed by atoms with Crippen molar-refractivity contribution >= 4 is 35.6 Å². The molecular weight excluding hydrogens is 325 g/mol. The predicted octanol–water partition coefficient (Wildman–Crippen LogP) is 3.82. The molecule has 0 bridgehead atoms. The molecule has 0 heterocycles. The van der Waals surface area contributed by atoms with Gasteiger partial charge in [0, 0.05) is 5.69 Å². The predicted molar refractivity (Wildman–Crippen MR) is 81.5 cm³/mol. The summed E-state index contributed by atoms with van der Waals surface area (Å²) in [5.41, 5.74) is 5.25. The van der Waals surface area contributed by atoms with Crippen molar-refractivity contribution in [3.05, 3.63) is 23.2 Å². The van der Waals surface area contributed by atoms with Crippen molar-refractivity contribution in [3.8, 4) is 5.75 Å². The molecule has 1 aromatic carbocycles. The van der Waals surface area contributed by atoms with Crippen LogP contribution in [0, 0.1) is 0 Å². The Bertz CT molecular complexity index is 485. The Morgan fingerprint density at radius 3 is 2.62 bits per heavy atom. The average molecular weight is 343 g/mol. The van der Waals surface area contributed by atoms with E-state index in [9.17, 15) is 13.6 Å². The highest BCUT2D eigenvalue weighted by molar-refractivity contribution is 6.32. The van der Waals surface area contributed by atoms with Crippen molar-refractivity contribution < 1.29 is 18.3 Å². The van der Waals surface area contributed by atoms with Crippen LogP contribution in [0.4, 0.5) is 14.5 Å². The molecule has 0 saturated carbocycles. The lowest BCUT2D eigenvalue weighted by molar-refractivity contribution is -0.120. The monoisotopic (exact) mass is 342 g/mol. The maximum atomic E-state index is 12.1. The van der Waals surface area contributed by atoms with Gasteiger partial charge in [0.1, 0.15) is 5.75 Å². The molecular formula is C13H18Cl2F2N2O2. The van der Waals surface area contributed by atoms with E-state index in [0.29, 0.717) is 12.1 Å². The van der Waals surface area contributed by atoms with Gasteiger partial charge in [0.25, 0.3) is 0 Å². The van der Waals surface area contributed by atoms with E-state index in [1.807, 2.05) is 6.92 Å². The van der Waals surface area contributed by atoms with Crippen molar-refractivity contribution in [2.75, 3.05) is 5.32 Å². The van der Waals surface area contributed by atoms with E-state index >= 15 is 0 Å². The number of nitrogens with two attached hydrogens (primary N) is 1. The highest BCUT2D eigenvalue weighted by Gasteiger charge is 2.27. The first-order chi connectivity index (χ1) is 9.26. The summed E-state index contributed by atoms with van der Waals surface area (Å²) < 4.78 is 28.4. The maximum absolute atomic E-state index is 12.1. The summed E-state index contributed by atoms with van der Waals surface area (Å²) in [6.07, 6.45) is 1.29. The minimum Gasteiger partial charge on any atom is -0.433 e. The number of benzene rings is 1. The zero-order valence-corrected chi connectivity index (χ0v) is 13.2. The summed E-state index contributed by atoms with van der Waals surface area (Å²) in [4.78, 5) is 12.0. The van der Waals surface area contributed by atoms with Crippen molar-refractivity contribution in [1.29, 1.82) is 0 Å². The number of carbonyl (C=O) groups excluding carboxylic acids is 1. The van der Waals surface area contributed by atoms with Gasteiger partial charge in [0.05, 0.1) is 10.6 Å². The Morgan fingerprint density at radius 1 is 1.52 bits per heavy atom. The number of hydrogen-bond acceptors (Lipinski definition) is 3. The smallest absolute Gasteiger partial charge is 0.387 e. The quantitative estimate of drug-likeness (QED) is 0.825. The summed E-state index contributed by atoms with van der Waals surface area (Å²) in [6.45, 7) is 0.595. The Balaban J connectivity index is 0.00000400. The van der Waals surface area contributed by atoms with Gasteiger partial charge in [-0.05, 0) is 31.5 Å². The zero-order valence-electron chi connectivity index (χ0n) is 11.7. The van der Waals surface area contributed by atoms with Gasteiger partial charge in [-0.15, -0.1) is 12.4 Å². The lowest BCUT2D eigenvalue weighted by atomic mass is 9.96. The number of anilines is 1. The van der Waals surface area contributed by atoms with E-state index in [2.05, 4.69) is 10.1 Å². The third kappa shape index (κ3) is 6.03. The Hall–Kier alpha value is -1.11. The van der Waals surface area contributed by atoms with Crippen LogP contribution >= 0.6 is 24.0 Å². The first-order valence-electron chi connectivity index (χ1n) is 6.11. The molecule has 0 aliphatic heterocycles. The molecule has 4 nitrogen and oxygen atoms in total. The molecule has 0 aliphatic carbocycles. The molecule has 0 fully saturated rings. The SMILES string of the molecule is CCCC(C)(N)C(=O)Nc1ccc(OC(F)F)c(Cl)c1.Cl. The van der Waals surface area contributed by atoms with Crippen molar-refractivity contribution in [3.63, 3.8) is 0 Å². The topological polar surface area (TPSA) is 64.4 Å². The molecule has 21 heavy (non-hydrogen) atoms. The van der Waals surface area contributed by atoms with Crippen LogP contribution in [0.1, 0.15) is 26.7 Å². The van der Waals surface area contributed by atoms with E-state index in [1.54, 1.807) is 6.92 Å². The molecule has 1 rings (SSSR count). The molecule has 1 unspecified atom stereocenters. The van der Waals surface area contributed by atoms with Gasteiger partial charge in [-0.3, -0.25) is 4.79 Å². The highest BCUT2D eigenvalue weighted by Crippen LogP contribution is 2.29. The second-order valence-electron chi connectivity index (χ2n) is 4.65. The normalized spacial score (nSPS) is 13.3. The van der Waals surface area contributed by atoms with E-state index in [0.717, 1.165) is 6.42 Å². The van der Waals surface area contributed by atoms with Crippen LogP contribution < -0.4 is 15.8 Å². The Kier molecular flexibility index (Phi) is 7.92. The molecule has 0 saturated heterocycles. The number of ether oxygens (including phenoxy) is 1. The number of hydrogen-bond donors (Lipinski definition) is 2. The number of nitrogens with one attached hydrogen (secondary N) is 1. The van der Waals surface area contributed by atoms with Gasteiger partial charge >= 0.3 is 6.61 Å². The minimum atomic E-state index is -2.95. The number of alkyl halides is 2. The van der Waals surface area contributed by atoms with Crippen molar-refractivity contribution in [2.45, 2.75) is 38.8 Å². The summed E-state index contributed by atoms with van der Waals surface area (Å²) >= 11 is 5.79. The fourth-order valence-corrected chi connectivity index (χ4v) is 1.90. The molecule has 8 heteroatoms. The summed E-state index contributed by atoms with van der Waals surface area (Å²) in [5.74, 6) is -0.512. The zero-order chi connectivity index (χ0) is 15.3. The van der Waals surface area contributed by atoms with Gasteiger partial charge in [-0.2, -0.15) is 8.78 Å². The average Bonchev–Trinajstić information content (AvgIpc) is 2.32. The fourth-order valence-electron chi connectivity index (χ4n) is 1.68. The van der Waals surface area contributed by atoms with Crippen LogP contribution in [-0.4, -0.2) is 18.1 Å². The van der Waals surface area contributed by atoms with E-state index < -0.39 is 12.2 Å². The molecule has 0 radical (unpaired) electrons. The second kappa shape index (κ2) is 8.36. The summed E-state index contributed by atoms with van der Waals surface area (Å²) in [7, 11) is 0. The fraction of sp³-hybridized carbons (Fsp3) is 0.462. The third-order valence-corrected chi connectivity index (χ3v) is 2.99. The largest absolute Gasteiger partial charge is 0.433 e. The minimum absolute atomic E-state index is 0. The molecule has 120 valence electrons. The number of carbonyl (C=O) groups is 1. The molecule has 3 N–H and O–H groups in total. The van der Waals surface area contributed by atoms with E-state index in [-0.39, 0.29) is 29.1 Å². The van der Waals surface area contributed by atoms with Crippen LogP contribution in [0.2, 0.25) is 5.02 Å². The van der Waals surface area contributed by atoms with E-state index in [1.165, 1.54) is 18.2 Å². The van der Waals surface area contributed by atoms with Gasteiger partial charge in [0.2, 0.25) is 5.91 Å². The van der Waals surface area contributed by atoms with Gasteiger partial charge < -0.3 is 15.8 Å². The van der Waals surface area contributed by atoms with Crippen molar-refractivity contribution in [2.24, 2.45) is 5.73 Å². The van der Waals surface area contributed by atoms with Crippen molar-refractivity contribution in [1.82, 2.24) is 0 Å². The van der Waals surface area contributed by atoms with Crippen LogP contribution in [-0.2, 0) is 4.79 Å². The lowest BCUT2D eigenvalue weighted by Gasteiger charge is -2.23. The molecule has 1 aromatic rings. The van der Waals surface area contributed by atoms with Crippen LogP contribution in [0.5, 0.6) is 5.75 Å². The summed E-state index contributed by atoms with van der Waals surface area (Å²) in [6, 6.07) is 4.01. The highest BCUT2D eigenvalue weighted by atomic mass is 35.5. The number of halogens is 4. The van der Waals surface area contributed by atoms with Gasteiger partial charge in [-0.1, -0.05) is 24.9 Å². The van der Waals surface area contributed by atoms with Crippen LogP contribution in [0.25, 0.3) is 0 Å².